The number of benzene rings is 2. The van der Waals surface area contributed by atoms with Crippen LogP contribution in [0.5, 0.6) is 0 Å². The third kappa shape index (κ3) is 4.61. The second-order valence-electron chi connectivity index (χ2n) is 5.55. The van der Waals surface area contributed by atoms with Crippen LogP contribution in [0, 0.1) is 0 Å². The van der Waals surface area contributed by atoms with Crippen LogP contribution < -0.4 is 5.32 Å². The predicted molar refractivity (Wildman–Crippen MR) is 95.0 cm³/mol. The number of fused-ring (bicyclic) bond motifs is 1. The molecular formula is C18H21NO2S. The van der Waals surface area contributed by atoms with Gasteiger partial charge in [0.05, 0.1) is 5.60 Å². The smallest absolute Gasteiger partial charge is 0.244 e. The van der Waals surface area contributed by atoms with E-state index >= 15 is 0 Å². The van der Waals surface area contributed by atoms with Gasteiger partial charge < -0.3 is 10.4 Å². The van der Waals surface area contributed by atoms with Gasteiger partial charge in [-0.05, 0) is 35.6 Å². The highest BCUT2D eigenvalue weighted by Crippen LogP contribution is 2.19. The maximum Gasteiger partial charge on any atom is 0.244 e. The van der Waals surface area contributed by atoms with Crippen molar-refractivity contribution in [1.82, 2.24) is 5.32 Å². The number of amides is 1. The maximum absolute atomic E-state index is 11.9. The van der Waals surface area contributed by atoms with E-state index in [1.54, 1.807) is 24.8 Å². The summed E-state index contributed by atoms with van der Waals surface area (Å²) in [4.78, 5) is 11.9. The van der Waals surface area contributed by atoms with Crippen molar-refractivity contribution in [1.29, 1.82) is 0 Å². The van der Waals surface area contributed by atoms with Crippen LogP contribution in [0.25, 0.3) is 16.8 Å². The number of carbonyl (C=O) groups excluding carboxylic acids is 1. The Balaban J connectivity index is 2.03. The van der Waals surface area contributed by atoms with Crippen molar-refractivity contribution >= 4 is 34.5 Å². The molecule has 0 radical (unpaired) electrons. The fourth-order valence-electron chi connectivity index (χ4n) is 2.26. The molecule has 0 aliphatic rings. The van der Waals surface area contributed by atoms with Crippen LogP contribution in [-0.2, 0) is 4.79 Å². The summed E-state index contributed by atoms with van der Waals surface area (Å²) in [6.07, 6.45) is 5.24. The van der Waals surface area contributed by atoms with E-state index in [4.69, 9.17) is 0 Å². The van der Waals surface area contributed by atoms with Crippen LogP contribution in [0.4, 0.5) is 0 Å². The summed E-state index contributed by atoms with van der Waals surface area (Å²) in [5.41, 5.74) is 0.117. The molecule has 0 heterocycles. The van der Waals surface area contributed by atoms with E-state index in [1.807, 2.05) is 48.7 Å². The van der Waals surface area contributed by atoms with Crippen molar-refractivity contribution in [3.63, 3.8) is 0 Å². The molecule has 2 aromatic carbocycles. The highest BCUT2D eigenvalue weighted by atomic mass is 32.2. The van der Waals surface area contributed by atoms with Gasteiger partial charge >= 0.3 is 0 Å². The summed E-state index contributed by atoms with van der Waals surface area (Å²) < 4.78 is 0. The van der Waals surface area contributed by atoms with Crippen LogP contribution in [0.15, 0.2) is 48.5 Å². The van der Waals surface area contributed by atoms with E-state index in [9.17, 15) is 9.90 Å². The van der Waals surface area contributed by atoms with Crippen LogP contribution >= 0.6 is 11.8 Å². The second-order valence-corrected chi connectivity index (χ2v) is 6.42. The molecule has 2 N–H and O–H groups in total. The van der Waals surface area contributed by atoms with Gasteiger partial charge in [-0.3, -0.25) is 4.79 Å². The van der Waals surface area contributed by atoms with Gasteiger partial charge in [-0.15, -0.1) is 0 Å². The van der Waals surface area contributed by atoms with Gasteiger partial charge in [0, 0.05) is 18.4 Å². The molecule has 4 heteroatoms. The standard InChI is InChI=1S/C18H21NO2S/c1-18(21,13-22-2)12-19-17(20)11-10-15-8-5-7-14-6-3-4-9-16(14)15/h3-11,21H,12-13H2,1-2H3,(H,19,20). The Kier molecular flexibility index (Phi) is 5.63. The van der Waals surface area contributed by atoms with Crippen molar-refractivity contribution < 1.29 is 9.90 Å². The summed E-state index contributed by atoms with van der Waals surface area (Å²) in [6, 6.07) is 14.1. The molecule has 3 nitrogen and oxygen atoms in total. The average Bonchev–Trinajstić information content (AvgIpc) is 2.51. The molecule has 0 fully saturated rings. The molecule has 1 atom stereocenters. The Bertz CT molecular complexity index is 674. The number of hydrogen-bond donors (Lipinski definition) is 2. The summed E-state index contributed by atoms with van der Waals surface area (Å²) in [6.45, 7) is 1.96. The van der Waals surface area contributed by atoms with Crippen LogP contribution in [0.3, 0.4) is 0 Å². The molecule has 0 bridgehead atoms. The third-order valence-corrected chi connectivity index (χ3v) is 4.25. The first kappa shape index (κ1) is 16.6. The van der Waals surface area contributed by atoms with Crippen LogP contribution in [0.2, 0.25) is 0 Å². The van der Waals surface area contributed by atoms with E-state index in [0.29, 0.717) is 5.75 Å². The van der Waals surface area contributed by atoms with Crippen LogP contribution in [0.1, 0.15) is 12.5 Å². The Labute approximate surface area is 135 Å². The molecule has 0 aliphatic carbocycles. The van der Waals surface area contributed by atoms with Crippen molar-refractivity contribution in [2.75, 3.05) is 18.6 Å². The minimum Gasteiger partial charge on any atom is -0.387 e. The molecule has 2 aromatic rings. The average molecular weight is 315 g/mol. The van der Waals surface area contributed by atoms with Gasteiger partial charge in [-0.1, -0.05) is 42.5 Å². The molecular weight excluding hydrogens is 294 g/mol. The molecule has 0 spiro atoms. The van der Waals surface area contributed by atoms with Crippen LogP contribution in [-0.4, -0.2) is 35.2 Å². The Morgan fingerprint density at radius 2 is 2.00 bits per heavy atom. The van der Waals surface area contributed by atoms with Gasteiger partial charge in [0.15, 0.2) is 0 Å². The predicted octanol–water partition coefficient (Wildman–Crippen LogP) is 3.08. The van der Waals surface area contributed by atoms with Gasteiger partial charge in [0.1, 0.15) is 0 Å². The normalized spacial score (nSPS) is 14.1. The number of aliphatic hydroxyl groups is 1. The van der Waals surface area contributed by atoms with E-state index in [-0.39, 0.29) is 12.5 Å². The van der Waals surface area contributed by atoms with Gasteiger partial charge in [0.2, 0.25) is 5.91 Å². The largest absolute Gasteiger partial charge is 0.387 e. The summed E-state index contributed by atoms with van der Waals surface area (Å²) in [5.74, 6) is 0.384. The minimum absolute atomic E-state index is 0.200. The first-order valence-electron chi connectivity index (χ1n) is 7.17. The highest BCUT2D eigenvalue weighted by molar-refractivity contribution is 7.98. The zero-order valence-electron chi connectivity index (χ0n) is 12.9. The number of thioether (sulfide) groups is 1. The fraction of sp³-hybridized carbons (Fsp3) is 0.278. The zero-order valence-corrected chi connectivity index (χ0v) is 13.7. The number of carbonyl (C=O) groups is 1. The number of nitrogens with one attached hydrogen (secondary N) is 1. The summed E-state index contributed by atoms with van der Waals surface area (Å²) >= 11 is 1.55. The molecule has 116 valence electrons. The molecule has 0 saturated carbocycles. The second kappa shape index (κ2) is 7.47. The van der Waals surface area contributed by atoms with Crippen molar-refractivity contribution in [2.24, 2.45) is 0 Å². The molecule has 2 rings (SSSR count). The lowest BCUT2D eigenvalue weighted by molar-refractivity contribution is -0.117. The minimum atomic E-state index is -0.887. The Morgan fingerprint density at radius 1 is 1.27 bits per heavy atom. The zero-order chi connectivity index (χ0) is 16.0. The molecule has 1 amide bonds. The van der Waals surface area contributed by atoms with E-state index in [1.165, 1.54) is 6.08 Å². The number of hydrogen-bond acceptors (Lipinski definition) is 3. The third-order valence-electron chi connectivity index (χ3n) is 3.34. The monoisotopic (exact) mass is 315 g/mol. The molecule has 0 aromatic heterocycles. The first-order valence-corrected chi connectivity index (χ1v) is 8.56. The van der Waals surface area contributed by atoms with E-state index in [0.717, 1.165) is 16.3 Å². The summed E-state index contributed by atoms with van der Waals surface area (Å²) in [5, 5.41) is 15.0. The van der Waals surface area contributed by atoms with Crippen molar-refractivity contribution in [3.8, 4) is 0 Å². The van der Waals surface area contributed by atoms with Gasteiger partial charge in [-0.2, -0.15) is 11.8 Å². The van der Waals surface area contributed by atoms with Gasteiger partial charge in [-0.25, -0.2) is 0 Å². The SMILES string of the molecule is CSCC(C)(O)CNC(=O)C=Cc1cccc2ccccc12. The molecule has 0 aliphatic heterocycles. The highest BCUT2D eigenvalue weighted by Gasteiger charge is 2.19. The topological polar surface area (TPSA) is 49.3 Å². The molecule has 1 unspecified atom stereocenters. The van der Waals surface area contributed by atoms with Crippen molar-refractivity contribution in [3.05, 3.63) is 54.1 Å². The Morgan fingerprint density at radius 3 is 2.77 bits per heavy atom. The number of rotatable bonds is 6. The quantitative estimate of drug-likeness (QED) is 0.806. The molecule has 0 saturated heterocycles. The van der Waals surface area contributed by atoms with Gasteiger partial charge in [0.25, 0.3) is 0 Å². The lowest BCUT2D eigenvalue weighted by atomic mass is 10.0. The van der Waals surface area contributed by atoms with Crippen molar-refractivity contribution in [2.45, 2.75) is 12.5 Å². The fourth-order valence-corrected chi connectivity index (χ4v) is 2.98. The molecule has 22 heavy (non-hydrogen) atoms. The lowest BCUT2D eigenvalue weighted by Gasteiger charge is -2.21. The lowest BCUT2D eigenvalue weighted by Crippen LogP contribution is -2.41. The van der Waals surface area contributed by atoms with E-state index < -0.39 is 5.60 Å². The summed E-state index contributed by atoms with van der Waals surface area (Å²) in [7, 11) is 0. The maximum atomic E-state index is 11.9. The first-order chi connectivity index (χ1) is 10.5. The van der Waals surface area contributed by atoms with E-state index in [2.05, 4.69) is 5.32 Å². The Hall–Kier alpha value is -1.78.